The molecule has 0 aliphatic carbocycles. The Balaban J connectivity index is 2.59. The SMILES string of the molecule is Oc1cccc2c1OOC2. The number of benzene rings is 1. The summed E-state index contributed by atoms with van der Waals surface area (Å²) in [6.07, 6.45) is 0. The van der Waals surface area contributed by atoms with Crippen LogP contribution in [0.4, 0.5) is 0 Å². The molecule has 0 saturated carbocycles. The predicted molar refractivity (Wildman–Crippen MR) is 33.5 cm³/mol. The predicted octanol–water partition coefficient (Wildman–Crippen LogP) is 1.22. The van der Waals surface area contributed by atoms with E-state index < -0.39 is 0 Å². The van der Waals surface area contributed by atoms with E-state index >= 15 is 0 Å². The Hall–Kier alpha value is -1.22. The van der Waals surface area contributed by atoms with Gasteiger partial charge in [0.25, 0.3) is 0 Å². The average Bonchev–Trinajstić information content (AvgIpc) is 2.36. The Bertz CT molecular complexity index is 257. The van der Waals surface area contributed by atoms with Gasteiger partial charge in [-0.1, -0.05) is 12.1 Å². The summed E-state index contributed by atoms with van der Waals surface area (Å²) >= 11 is 0. The van der Waals surface area contributed by atoms with Gasteiger partial charge in [-0.15, -0.1) is 0 Å². The van der Waals surface area contributed by atoms with E-state index in [-0.39, 0.29) is 5.75 Å². The van der Waals surface area contributed by atoms with Crippen LogP contribution in [0.25, 0.3) is 0 Å². The molecule has 0 atom stereocenters. The molecule has 0 unspecified atom stereocenters. The van der Waals surface area contributed by atoms with Crippen molar-refractivity contribution in [1.82, 2.24) is 0 Å². The van der Waals surface area contributed by atoms with Gasteiger partial charge in [-0.3, -0.25) is 0 Å². The second kappa shape index (κ2) is 1.88. The Morgan fingerprint density at radius 3 is 3.10 bits per heavy atom. The molecule has 1 aromatic rings. The fraction of sp³-hybridized carbons (Fsp3) is 0.143. The summed E-state index contributed by atoms with van der Waals surface area (Å²) in [5.41, 5.74) is 0.889. The van der Waals surface area contributed by atoms with Crippen molar-refractivity contribution in [2.24, 2.45) is 0 Å². The molecule has 1 heterocycles. The fourth-order valence-electron chi connectivity index (χ4n) is 0.933. The van der Waals surface area contributed by atoms with E-state index in [0.717, 1.165) is 5.56 Å². The van der Waals surface area contributed by atoms with Gasteiger partial charge >= 0.3 is 0 Å². The van der Waals surface area contributed by atoms with Crippen molar-refractivity contribution in [2.75, 3.05) is 0 Å². The van der Waals surface area contributed by atoms with Crippen molar-refractivity contribution in [3.8, 4) is 11.5 Å². The lowest BCUT2D eigenvalue weighted by molar-refractivity contribution is -0.195. The van der Waals surface area contributed by atoms with Crippen LogP contribution in [0.15, 0.2) is 18.2 Å². The zero-order valence-corrected chi connectivity index (χ0v) is 5.20. The van der Waals surface area contributed by atoms with Crippen molar-refractivity contribution in [1.29, 1.82) is 0 Å². The van der Waals surface area contributed by atoms with Gasteiger partial charge in [0.1, 0.15) is 6.61 Å². The van der Waals surface area contributed by atoms with E-state index in [1.807, 2.05) is 6.07 Å². The van der Waals surface area contributed by atoms with E-state index in [1.165, 1.54) is 0 Å². The smallest absolute Gasteiger partial charge is 0.212 e. The Kier molecular flexibility index (Phi) is 1.05. The van der Waals surface area contributed by atoms with Gasteiger partial charge in [-0.05, 0) is 6.07 Å². The van der Waals surface area contributed by atoms with Crippen LogP contribution in [0.5, 0.6) is 11.5 Å². The van der Waals surface area contributed by atoms with Crippen LogP contribution < -0.4 is 4.89 Å². The molecule has 0 radical (unpaired) electrons. The van der Waals surface area contributed by atoms with Crippen LogP contribution in [0.2, 0.25) is 0 Å². The van der Waals surface area contributed by atoms with Gasteiger partial charge in [-0.2, -0.15) is 4.89 Å². The summed E-state index contributed by atoms with van der Waals surface area (Å²) in [7, 11) is 0. The summed E-state index contributed by atoms with van der Waals surface area (Å²) in [6.45, 7) is 0.420. The molecular weight excluding hydrogens is 132 g/mol. The molecule has 1 aliphatic heterocycles. The van der Waals surface area contributed by atoms with E-state index in [0.29, 0.717) is 12.4 Å². The fourth-order valence-corrected chi connectivity index (χ4v) is 0.933. The topological polar surface area (TPSA) is 38.7 Å². The summed E-state index contributed by atoms with van der Waals surface area (Å²) in [4.78, 5) is 9.31. The van der Waals surface area contributed by atoms with Gasteiger partial charge in [0.2, 0.25) is 5.75 Å². The summed E-state index contributed by atoms with van der Waals surface area (Å²) < 4.78 is 0. The molecule has 0 saturated heterocycles. The van der Waals surface area contributed by atoms with E-state index in [2.05, 4.69) is 9.78 Å². The van der Waals surface area contributed by atoms with E-state index in [4.69, 9.17) is 5.11 Å². The number of rotatable bonds is 0. The van der Waals surface area contributed by atoms with Crippen molar-refractivity contribution < 1.29 is 14.9 Å². The number of phenols is 1. The minimum Gasteiger partial charge on any atom is -0.504 e. The summed E-state index contributed by atoms with van der Waals surface area (Å²) in [5.74, 6) is 0.581. The maximum atomic E-state index is 9.13. The second-order valence-corrected chi connectivity index (χ2v) is 2.11. The molecule has 1 N–H and O–H groups in total. The highest BCUT2D eigenvalue weighted by Gasteiger charge is 2.16. The number of phenolic OH excluding ortho intramolecular Hbond substituents is 1. The number of para-hydroxylation sites is 1. The molecule has 1 aromatic carbocycles. The van der Waals surface area contributed by atoms with Gasteiger partial charge < -0.3 is 9.99 Å². The molecule has 0 spiro atoms. The van der Waals surface area contributed by atoms with Crippen molar-refractivity contribution in [3.63, 3.8) is 0 Å². The quantitative estimate of drug-likeness (QED) is 0.548. The highest BCUT2D eigenvalue weighted by atomic mass is 17.2. The number of hydrogen-bond donors (Lipinski definition) is 1. The molecule has 3 nitrogen and oxygen atoms in total. The Morgan fingerprint density at radius 2 is 2.30 bits per heavy atom. The standard InChI is InChI=1S/C7H6O3/c8-6-3-1-2-5-4-9-10-7(5)6/h1-3,8H,4H2. The van der Waals surface area contributed by atoms with Crippen LogP contribution in [0, 0.1) is 0 Å². The highest BCUT2D eigenvalue weighted by Crippen LogP contribution is 2.34. The molecule has 0 fully saturated rings. The monoisotopic (exact) mass is 138 g/mol. The lowest BCUT2D eigenvalue weighted by Gasteiger charge is -1.95. The Morgan fingerprint density at radius 1 is 1.40 bits per heavy atom. The highest BCUT2D eigenvalue weighted by molar-refractivity contribution is 5.45. The normalized spacial score (nSPS) is 14.4. The lowest BCUT2D eigenvalue weighted by atomic mass is 10.2. The third-order valence-electron chi connectivity index (χ3n) is 1.43. The molecule has 0 bridgehead atoms. The van der Waals surface area contributed by atoms with Gasteiger partial charge in [-0.25, -0.2) is 0 Å². The van der Waals surface area contributed by atoms with Gasteiger partial charge in [0.15, 0.2) is 5.75 Å². The molecule has 2 rings (SSSR count). The molecule has 0 aromatic heterocycles. The molecular formula is C7H6O3. The zero-order chi connectivity index (χ0) is 6.97. The van der Waals surface area contributed by atoms with Crippen molar-refractivity contribution >= 4 is 0 Å². The third kappa shape index (κ3) is 0.642. The van der Waals surface area contributed by atoms with Crippen LogP contribution in [-0.2, 0) is 11.5 Å². The van der Waals surface area contributed by atoms with Crippen molar-refractivity contribution in [2.45, 2.75) is 6.61 Å². The van der Waals surface area contributed by atoms with Crippen LogP contribution >= 0.6 is 0 Å². The first-order valence-electron chi connectivity index (χ1n) is 2.98. The first-order valence-corrected chi connectivity index (χ1v) is 2.98. The molecule has 52 valence electrons. The maximum absolute atomic E-state index is 9.13. The number of hydrogen-bond acceptors (Lipinski definition) is 3. The Labute approximate surface area is 57.7 Å². The average molecular weight is 138 g/mol. The number of fused-ring (bicyclic) bond motifs is 1. The first-order chi connectivity index (χ1) is 4.88. The minimum absolute atomic E-state index is 0.134. The van der Waals surface area contributed by atoms with E-state index in [1.54, 1.807) is 12.1 Å². The minimum atomic E-state index is 0.134. The first kappa shape index (κ1) is 5.56. The largest absolute Gasteiger partial charge is 0.504 e. The van der Waals surface area contributed by atoms with Crippen molar-refractivity contribution in [3.05, 3.63) is 23.8 Å². The zero-order valence-electron chi connectivity index (χ0n) is 5.20. The molecule has 0 amide bonds. The summed E-state index contributed by atoms with van der Waals surface area (Å²) in [5, 5.41) is 9.13. The molecule has 3 heteroatoms. The molecule has 10 heavy (non-hydrogen) atoms. The van der Waals surface area contributed by atoms with Gasteiger partial charge in [0.05, 0.1) is 0 Å². The van der Waals surface area contributed by atoms with Crippen LogP contribution in [0.1, 0.15) is 5.56 Å². The van der Waals surface area contributed by atoms with Crippen LogP contribution in [-0.4, -0.2) is 5.11 Å². The summed E-state index contributed by atoms with van der Waals surface area (Å²) in [6, 6.07) is 5.17. The van der Waals surface area contributed by atoms with Gasteiger partial charge in [0, 0.05) is 5.56 Å². The second-order valence-electron chi connectivity index (χ2n) is 2.11. The number of aromatic hydroxyl groups is 1. The van der Waals surface area contributed by atoms with Crippen LogP contribution in [0.3, 0.4) is 0 Å². The van der Waals surface area contributed by atoms with E-state index in [9.17, 15) is 0 Å². The third-order valence-corrected chi connectivity index (χ3v) is 1.43. The molecule has 1 aliphatic rings. The maximum Gasteiger partial charge on any atom is 0.212 e. The lowest BCUT2D eigenvalue weighted by Crippen LogP contribution is -1.81.